The Kier molecular flexibility index (Phi) is 25.8. The lowest BCUT2D eigenvalue weighted by Gasteiger charge is -2.15. The highest BCUT2D eigenvalue weighted by Crippen LogP contribution is 2.34. The number of amides is 3. The number of hydrogen-bond donors (Lipinski definition) is 5. The molecule has 4 heterocycles. The molecule has 0 bridgehead atoms. The van der Waals surface area contributed by atoms with Gasteiger partial charge in [0, 0.05) is 141 Å². The summed E-state index contributed by atoms with van der Waals surface area (Å²) >= 11 is 25.5. The Hall–Kier alpha value is -9.10. The van der Waals surface area contributed by atoms with Crippen molar-refractivity contribution in [3.63, 3.8) is 0 Å². The normalized spacial score (nSPS) is 11.3. The number of carbonyl (C=O) groups excluding carboxylic acids is 6. The van der Waals surface area contributed by atoms with Crippen LogP contribution < -0.4 is 30.2 Å². The maximum Gasteiger partial charge on any atom is 0.257 e. The van der Waals surface area contributed by atoms with Crippen molar-refractivity contribution in [2.24, 2.45) is 4.99 Å². The highest BCUT2D eigenvalue weighted by molar-refractivity contribution is 9.11. The predicted molar refractivity (Wildman–Crippen MR) is 389 cm³/mol. The summed E-state index contributed by atoms with van der Waals surface area (Å²) < 4.78 is 19.2. The van der Waals surface area contributed by atoms with E-state index in [2.05, 4.69) is 105 Å². The number of methoxy groups -OCH3 is 3. The minimum absolute atomic E-state index is 0.0180. The Morgan fingerprint density at radius 2 is 0.812 bits per heavy atom. The molecule has 0 aliphatic carbocycles. The molecule has 3 amide bonds. The molecule has 25 heteroatoms. The van der Waals surface area contributed by atoms with Gasteiger partial charge in [0.15, 0.2) is 17.3 Å². The fourth-order valence-electron chi connectivity index (χ4n) is 9.69. The molecule has 0 unspecified atom stereocenters. The maximum absolute atomic E-state index is 13.2. The number of ether oxygens (including phenoxy) is 3. The average Bonchev–Trinajstić information content (AvgIpc) is 1.18. The molecular weight excluding hydrogens is 1530 g/mol. The quantitative estimate of drug-likeness (QED) is 0.0331. The molecule has 0 fully saturated rings. The van der Waals surface area contributed by atoms with E-state index >= 15 is 0 Å². The standard InChI is InChI=1S/C25H22BrClN4O3.C23H19Br2N3O3.C23H19BrClN3O3/c1-31-10-9-28-24(31)16-5-3-15(4-6-16)21(32)13-19-20(11-18(27)12-22(19)34-2)25(33)30-23-8-7-17(26)14-29-23;1-13(26)14-3-5-15(6-4-14)20(29)11-18-19(9-17(25)10-21(18)31-2)23(30)28-22-8-7-16(24)12-27-22;1-13(26)14-3-5-15(6-4-14)20(29)11-18-19(9-16(24)10-21(18)31-2)23(30)28-22-8-7-17(25)12-27-22/h3-8,11-12,14H,9-10,13H2,1-2H3,(H,29,30,33);2*3-10,12,26H,11H2,1-2H3,(H,27,28,30). The molecule has 0 saturated carbocycles. The lowest BCUT2D eigenvalue weighted by Crippen LogP contribution is -2.23. The number of carbonyl (C=O) groups is 6. The van der Waals surface area contributed by atoms with Crippen LogP contribution in [-0.4, -0.2) is 114 Å². The molecule has 0 radical (unpaired) electrons. The average molecular weight is 1590 g/mol. The van der Waals surface area contributed by atoms with Gasteiger partial charge in [-0.05, 0) is 130 Å². The number of nitrogens with one attached hydrogen (secondary N) is 5. The number of anilines is 3. The van der Waals surface area contributed by atoms with Crippen molar-refractivity contribution in [1.82, 2.24) is 19.9 Å². The largest absolute Gasteiger partial charge is 0.496 e. The summed E-state index contributed by atoms with van der Waals surface area (Å²) in [5.41, 5.74) is 7.08. The topological polar surface area (TPSA) is 268 Å². The summed E-state index contributed by atoms with van der Waals surface area (Å²) in [6, 6.07) is 40.9. The van der Waals surface area contributed by atoms with E-state index in [0.29, 0.717) is 110 Å². The van der Waals surface area contributed by atoms with Crippen LogP contribution in [0.4, 0.5) is 17.5 Å². The van der Waals surface area contributed by atoms with Crippen molar-refractivity contribution in [3.05, 3.63) is 259 Å². The molecule has 490 valence electrons. The smallest absolute Gasteiger partial charge is 0.257 e. The first-order valence-corrected chi connectivity index (χ1v) is 33.0. The lowest BCUT2D eigenvalue weighted by molar-refractivity contribution is 0.0979. The second kappa shape index (κ2) is 34.0. The van der Waals surface area contributed by atoms with Crippen molar-refractivity contribution in [2.45, 2.75) is 33.1 Å². The van der Waals surface area contributed by atoms with Crippen molar-refractivity contribution in [3.8, 4) is 17.2 Å². The van der Waals surface area contributed by atoms with Gasteiger partial charge >= 0.3 is 0 Å². The molecule has 3 aromatic heterocycles. The molecule has 19 nitrogen and oxygen atoms in total. The van der Waals surface area contributed by atoms with Crippen LogP contribution in [0.5, 0.6) is 17.2 Å². The molecule has 0 atom stereocenters. The first-order chi connectivity index (χ1) is 45.9. The van der Waals surface area contributed by atoms with Gasteiger partial charge in [-0.3, -0.25) is 33.8 Å². The van der Waals surface area contributed by atoms with E-state index in [0.717, 1.165) is 44.6 Å². The number of nitrogens with zero attached hydrogens (tertiary/aromatic N) is 5. The fraction of sp³-hybridized carbons (Fsp3) is 0.155. The Balaban J connectivity index is 0.000000185. The van der Waals surface area contributed by atoms with Crippen molar-refractivity contribution in [1.29, 1.82) is 10.8 Å². The minimum atomic E-state index is -0.434. The highest BCUT2D eigenvalue weighted by Gasteiger charge is 2.25. The van der Waals surface area contributed by atoms with Crippen molar-refractivity contribution < 1.29 is 43.0 Å². The van der Waals surface area contributed by atoms with Gasteiger partial charge in [0.25, 0.3) is 17.7 Å². The minimum Gasteiger partial charge on any atom is -0.496 e. The SMILES string of the molecule is COc1cc(Br)cc(C(=O)Nc2ccc(Br)cn2)c1CC(=O)c1ccc(C(C)=N)cc1.COc1cc(Br)cc(C(=O)Nc2ccc(Cl)cn2)c1CC(=O)c1ccc(C(C)=N)cc1.COc1cc(Cl)cc(C(=O)Nc2ccc(Br)cn2)c1CC(=O)c1ccc(C2=NCCN2C)cc1. The van der Waals surface area contributed by atoms with E-state index in [-0.39, 0.29) is 42.2 Å². The monoisotopic (exact) mass is 1580 g/mol. The Labute approximate surface area is 597 Å². The molecule has 9 aromatic rings. The summed E-state index contributed by atoms with van der Waals surface area (Å²) in [6.07, 6.45) is 4.52. The number of rotatable bonds is 21. The number of pyridine rings is 3. The Morgan fingerprint density at radius 3 is 1.15 bits per heavy atom. The molecular formula is C71H60Br4Cl2N10O9. The van der Waals surface area contributed by atoms with Crippen molar-refractivity contribution in [2.75, 3.05) is 57.4 Å². The molecule has 10 rings (SSSR count). The molecule has 1 aliphatic rings. The molecule has 96 heavy (non-hydrogen) atoms. The lowest BCUT2D eigenvalue weighted by atomic mass is 9.96. The van der Waals surface area contributed by atoms with Gasteiger partial charge < -0.3 is 45.9 Å². The number of likely N-dealkylation sites (N-methyl/N-ethyl adjacent to an activating group) is 1. The number of Topliss-reactive ketones (excluding diaryl/α,β-unsaturated/α-hetero) is 3. The third-order valence-electron chi connectivity index (χ3n) is 14.6. The van der Waals surface area contributed by atoms with Gasteiger partial charge in [0.05, 0.1) is 32.9 Å². The zero-order chi connectivity index (χ0) is 69.3. The van der Waals surface area contributed by atoms with Gasteiger partial charge in [-0.1, -0.05) is 128 Å². The third-order valence-corrected chi connectivity index (χ3v) is 16.9. The number of aliphatic imine (C=N–C) groups is 1. The van der Waals surface area contributed by atoms with Crippen molar-refractivity contribution >= 4 is 157 Å². The van der Waals surface area contributed by atoms with Gasteiger partial charge in [-0.2, -0.15) is 0 Å². The van der Waals surface area contributed by atoms with Crippen LogP contribution in [0.3, 0.4) is 0 Å². The van der Waals surface area contributed by atoms with E-state index in [1.165, 1.54) is 33.6 Å². The van der Waals surface area contributed by atoms with Crippen LogP contribution >= 0.6 is 86.9 Å². The zero-order valence-corrected chi connectivity index (χ0v) is 60.2. The number of aromatic nitrogens is 3. The van der Waals surface area contributed by atoms with Gasteiger partial charge in [0.1, 0.15) is 40.5 Å². The number of halogens is 6. The van der Waals surface area contributed by atoms with E-state index in [1.54, 1.807) is 154 Å². The van der Waals surface area contributed by atoms with Crippen LogP contribution in [0.1, 0.15) is 109 Å². The van der Waals surface area contributed by atoms with E-state index in [4.69, 9.17) is 48.2 Å². The first-order valence-electron chi connectivity index (χ1n) is 29.1. The van der Waals surface area contributed by atoms with Crippen LogP contribution in [0.25, 0.3) is 0 Å². The molecule has 0 spiro atoms. The summed E-state index contributed by atoms with van der Waals surface area (Å²) in [5, 5.41) is 24.4. The maximum atomic E-state index is 13.2. The number of amidine groups is 1. The van der Waals surface area contributed by atoms with Gasteiger partial charge in [-0.25, -0.2) is 15.0 Å². The molecule has 1 aliphatic heterocycles. The Morgan fingerprint density at radius 1 is 0.458 bits per heavy atom. The summed E-state index contributed by atoms with van der Waals surface area (Å²) in [7, 11) is 6.45. The summed E-state index contributed by atoms with van der Waals surface area (Å²) in [6.45, 7) is 5.02. The molecule has 5 N–H and O–H groups in total. The van der Waals surface area contributed by atoms with Crippen LogP contribution in [0, 0.1) is 10.8 Å². The summed E-state index contributed by atoms with van der Waals surface area (Å²) in [4.78, 5) is 97.1. The fourth-order valence-corrected chi connectivity index (χ4v) is 11.3. The third kappa shape index (κ3) is 19.5. The number of ketones is 3. The second-order valence-corrected chi connectivity index (χ2v) is 25.8. The summed E-state index contributed by atoms with van der Waals surface area (Å²) in [5.74, 6) is 1.50. The Bertz CT molecular complexity index is 4270. The number of hydrogen-bond acceptors (Lipinski definition) is 16. The van der Waals surface area contributed by atoms with Gasteiger partial charge in [0.2, 0.25) is 0 Å². The van der Waals surface area contributed by atoms with Crippen LogP contribution in [0.2, 0.25) is 10.0 Å². The van der Waals surface area contributed by atoms with Gasteiger partial charge in [-0.15, -0.1) is 0 Å². The van der Waals surface area contributed by atoms with E-state index < -0.39 is 17.7 Å². The molecule has 0 saturated heterocycles. The van der Waals surface area contributed by atoms with E-state index in [9.17, 15) is 28.8 Å². The van der Waals surface area contributed by atoms with Crippen LogP contribution in [-0.2, 0) is 19.3 Å². The zero-order valence-electron chi connectivity index (χ0n) is 52.3. The van der Waals surface area contributed by atoms with E-state index in [1.807, 2.05) is 19.2 Å². The predicted octanol–water partition coefficient (Wildman–Crippen LogP) is 16.1. The molecule has 6 aromatic carbocycles. The van der Waals surface area contributed by atoms with Crippen LogP contribution in [0.15, 0.2) is 187 Å². The second-order valence-electron chi connectivity index (χ2n) is 21.3. The first kappa shape index (κ1) is 72.7. The number of benzene rings is 6. The highest BCUT2D eigenvalue weighted by atomic mass is 79.9.